The zero-order valence-electron chi connectivity index (χ0n) is 24.1. The minimum Gasteiger partial charge on any atom is -0.507 e. The smallest absolute Gasteiger partial charge is 0.301 e. The van der Waals surface area contributed by atoms with E-state index in [1.807, 2.05) is 13.0 Å². The number of amides is 1. The number of carbonyl (C=O) groups excluding carboxylic acids is 2. The first-order valence-electron chi connectivity index (χ1n) is 14.3. The van der Waals surface area contributed by atoms with Gasteiger partial charge in [0, 0.05) is 17.0 Å². The molecule has 1 fully saturated rings. The number of hydrogen-bond acceptors (Lipinski definition) is 8. The molecule has 0 spiro atoms. The molecule has 2 atom stereocenters. The molecule has 0 bridgehead atoms. The Morgan fingerprint density at radius 1 is 1.12 bits per heavy atom. The molecule has 0 aliphatic carbocycles. The highest BCUT2D eigenvalue weighted by Gasteiger charge is 2.48. The summed E-state index contributed by atoms with van der Waals surface area (Å²) in [4.78, 5) is 33.5. The van der Waals surface area contributed by atoms with Crippen molar-refractivity contribution in [2.75, 3.05) is 18.6 Å². The molecule has 3 heterocycles. The van der Waals surface area contributed by atoms with Crippen LogP contribution in [-0.4, -0.2) is 41.6 Å². The third kappa shape index (κ3) is 5.43. The van der Waals surface area contributed by atoms with E-state index in [0.29, 0.717) is 51.3 Å². The van der Waals surface area contributed by atoms with Crippen molar-refractivity contribution in [2.24, 2.45) is 0 Å². The highest BCUT2D eigenvalue weighted by atomic mass is 35.5. The Morgan fingerprint density at radius 3 is 2.74 bits per heavy atom. The molecule has 2 unspecified atom stereocenters. The molecule has 43 heavy (non-hydrogen) atoms. The Morgan fingerprint density at radius 2 is 1.95 bits per heavy atom. The zero-order chi connectivity index (χ0) is 30.2. The lowest BCUT2D eigenvalue weighted by Crippen LogP contribution is -2.29. The highest BCUT2D eigenvalue weighted by molar-refractivity contribution is 7.22. The molecule has 2 aliphatic rings. The van der Waals surface area contributed by atoms with Crippen molar-refractivity contribution < 1.29 is 28.9 Å². The summed E-state index contributed by atoms with van der Waals surface area (Å²) in [5.74, 6) is -0.0943. The highest BCUT2D eigenvalue weighted by Crippen LogP contribution is 2.46. The molecule has 0 radical (unpaired) electrons. The van der Waals surface area contributed by atoms with Gasteiger partial charge in [-0.05, 0) is 73.0 Å². The van der Waals surface area contributed by atoms with Gasteiger partial charge in [-0.25, -0.2) is 4.98 Å². The Kier molecular flexibility index (Phi) is 8.03. The normalized spacial score (nSPS) is 19.1. The maximum absolute atomic E-state index is 13.7. The van der Waals surface area contributed by atoms with Crippen molar-refractivity contribution >= 4 is 55.7 Å². The third-order valence-electron chi connectivity index (χ3n) is 7.67. The van der Waals surface area contributed by atoms with E-state index in [4.69, 9.17) is 25.8 Å². The van der Waals surface area contributed by atoms with Crippen LogP contribution >= 0.6 is 22.9 Å². The van der Waals surface area contributed by atoms with Crippen LogP contribution in [0.4, 0.5) is 5.13 Å². The fourth-order valence-corrected chi connectivity index (χ4v) is 6.84. The molecular weight excluding hydrogens is 588 g/mol. The summed E-state index contributed by atoms with van der Waals surface area (Å²) >= 11 is 7.47. The van der Waals surface area contributed by atoms with Gasteiger partial charge in [-0.3, -0.25) is 14.5 Å². The van der Waals surface area contributed by atoms with Gasteiger partial charge in [0.05, 0.1) is 35.5 Å². The van der Waals surface area contributed by atoms with Crippen LogP contribution in [0.1, 0.15) is 55.8 Å². The first-order valence-corrected chi connectivity index (χ1v) is 15.5. The summed E-state index contributed by atoms with van der Waals surface area (Å²) in [6.45, 7) is 4.64. The summed E-state index contributed by atoms with van der Waals surface area (Å²) in [6.07, 6.45) is 3.73. The number of nitrogens with zero attached hydrogens (tertiary/aromatic N) is 2. The Balaban J connectivity index is 1.48. The summed E-state index contributed by atoms with van der Waals surface area (Å²) in [5.41, 5.74) is 2.53. The number of ketones is 1. The SMILES string of the molecule is CCCCCOc1ccc(C2/C(=C(/O)c3ccc4c(c3)CC(C)O4)C(=O)C(=O)N2c2nc3ccc(Cl)cc3s2)cc1OC. The molecule has 8 nitrogen and oxygen atoms in total. The molecule has 6 rings (SSSR count). The number of benzene rings is 3. The number of aliphatic hydroxyl groups excluding tert-OH is 1. The van der Waals surface area contributed by atoms with Gasteiger partial charge in [0.15, 0.2) is 16.6 Å². The number of fused-ring (bicyclic) bond motifs is 2. The number of halogens is 1. The largest absolute Gasteiger partial charge is 0.507 e. The van der Waals surface area contributed by atoms with E-state index in [1.54, 1.807) is 55.6 Å². The van der Waals surface area contributed by atoms with Crippen LogP contribution in [0, 0.1) is 0 Å². The van der Waals surface area contributed by atoms with Crippen molar-refractivity contribution in [3.8, 4) is 17.2 Å². The van der Waals surface area contributed by atoms with Crippen LogP contribution < -0.4 is 19.1 Å². The fourth-order valence-electron chi connectivity index (χ4n) is 5.57. The lowest BCUT2D eigenvalue weighted by Gasteiger charge is -2.24. The predicted octanol–water partition coefficient (Wildman–Crippen LogP) is 7.48. The topological polar surface area (TPSA) is 98.2 Å². The van der Waals surface area contributed by atoms with Crippen molar-refractivity contribution in [3.05, 3.63) is 81.9 Å². The number of unbranched alkanes of at least 4 members (excludes halogenated alkanes) is 2. The van der Waals surface area contributed by atoms with Gasteiger partial charge in [-0.1, -0.05) is 48.8 Å². The zero-order valence-corrected chi connectivity index (χ0v) is 25.6. The molecule has 10 heteroatoms. The van der Waals surface area contributed by atoms with E-state index in [2.05, 4.69) is 11.9 Å². The summed E-state index contributed by atoms with van der Waals surface area (Å²) in [5, 5.41) is 12.5. The molecular formula is C33H31ClN2O6S. The molecule has 0 saturated carbocycles. The number of methoxy groups -OCH3 is 1. The molecule has 4 aromatic rings. The first kappa shape index (κ1) is 29.0. The van der Waals surface area contributed by atoms with Gasteiger partial charge in [0.2, 0.25) is 0 Å². The van der Waals surface area contributed by atoms with Crippen LogP contribution in [0.5, 0.6) is 17.2 Å². The number of thiazole rings is 1. The number of rotatable bonds is 9. The van der Waals surface area contributed by atoms with E-state index in [-0.39, 0.29) is 17.4 Å². The van der Waals surface area contributed by atoms with Crippen LogP contribution in [0.25, 0.3) is 16.0 Å². The molecule has 3 aromatic carbocycles. The van der Waals surface area contributed by atoms with Gasteiger partial charge in [-0.2, -0.15) is 0 Å². The standard InChI is InChI=1S/C33H31ClN2O6S/c1-4-5-6-13-41-25-12-7-19(16-26(25)40-3)29-28(30(37)20-8-11-24-21(15-20)14-18(2)42-24)31(38)32(39)36(29)33-35-23-10-9-22(34)17-27(23)43-33/h7-12,15-18,29,37H,4-6,13-14H2,1-3H3/b30-28-. The van der Waals surface area contributed by atoms with E-state index in [1.165, 1.54) is 16.2 Å². The van der Waals surface area contributed by atoms with E-state index >= 15 is 0 Å². The fraction of sp³-hybridized carbons (Fsp3) is 0.303. The molecule has 2 aliphatic heterocycles. The number of anilines is 1. The van der Waals surface area contributed by atoms with Crippen molar-refractivity contribution in [2.45, 2.75) is 51.7 Å². The van der Waals surface area contributed by atoms with Crippen molar-refractivity contribution in [1.29, 1.82) is 0 Å². The number of carbonyl (C=O) groups is 2. The number of aromatic nitrogens is 1. The monoisotopic (exact) mass is 618 g/mol. The molecule has 1 N–H and O–H groups in total. The predicted molar refractivity (Wildman–Crippen MR) is 168 cm³/mol. The van der Waals surface area contributed by atoms with Crippen LogP contribution in [0.3, 0.4) is 0 Å². The Hall–Kier alpha value is -4.08. The number of aliphatic hydroxyl groups is 1. The van der Waals surface area contributed by atoms with Crippen molar-refractivity contribution in [1.82, 2.24) is 4.98 Å². The molecule has 1 amide bonds. The quantitative estimate of drug-likeness (QED) is 0.0899. The van der Waals surface area contributed by atoms with E-state index < -0.39 is 17.7 Å². The molecule has 1 aromatic heterocycles. The van der Waals surface area contributed by atoms with E-state index in [0.717, 1.165) is 35.3 Å². The van der Waals surface area contributed by atoms with Gasteiger partial charge < -0.3 is 19.3 Å². The van der Waals surface area contributed by atoms with Gasteiger partial charge in [0.1, 0.15) is 17.6 Å². The van der Waals surface area contributed by atoms with Crippen molar-refractivity contribution in [3.63, 3.8) is 0 Å². The van der Waals surface area contributed by atoms with E-state index in [9.17, 15) is 14.7 Å². The summed E-state index contributed by atoms with van der Waals surface area (Å²) in [7, 11) is 1.54. The molecule has 222 valence electrons. The second-order valence-corrected chi connectivity index (χ2v) is 12.1. The first-order chi connectivity index (χ1) is 20.8. The third-order valence-corrected chi connectivity index (χ3v) is 8.92. The molecule has 1 saturated heterocycles. The number of ether oxygens (including phenoxy) is 3. The van der Waals surface area contributed by atoms with Crippen LogP contribution in [0.15, 0.2) is 60.2 Å². The summed E-state index contributed by atoms with van der Waals surface area (Å²) in [6, 6.07) is 14.9. The number of hydrogen-bond donors (Lipinski definition) is 1. The minimum atomic E-state index is -0.970. The minimum absolute atomic E-state index is 0.0145. The second-order valence-electron chi connectivity index (χ2n) is 10.7. The maximum Gasteiger partial charge on any atom is 0.301 e. The second kappa shape index (κ2) is 11.9. The average Bonchev–Trinajstić information content (AvgIpc) is 3.66. The van der Waals surface area contributed by atoms with Gasteiger partial charge in [-0.15, -0.1) is 0 Å². The van der Waals surface area contributed by atoms with Gasteiger partial charge >= 0.3 is 5.91 Å². The summed E-state index contributed by atoms with van der Waals surface area (Å²) < 4.78 is 18.2. The Bertz CT molecular complexity index is 1770. The Labute approximate surface area is 258 Å². The lowest BCUT2D eigenvalue weighted by atomic mass is 9.94. The lowest BCUT2D eigenvalue weighted by molar-refractivity contribution is -0.132. The average molecular weight is 619 g/mol. The maximum atomic E-state index is 13.7. The van der Waals surface area contributed by atoms with Gasteiger partial charge in [0.25, 0.3) is 5.78 Å². The number of Topliss-reactive ketones (excluding diaryl/α,β-unsaturated/α-hetero) is 1. The van der Waals surface area contributed by atoms with Crippen LogP contribution in [0.2, 0.25) is 5.02 Å². The van der Waals surface area contributed by atoms with Crippen LogP contribution in [-0.2, 0) is 16.0 Å².